The Labute approximate surface area is 120 Å². The lowest BCUT2D eigenvalue weighted by atomic mass is 9.84. The molecule has 0 amide bonds. The molecule has 1 saturated heterocycles. The summed E-state index contributed by atoms with van der Waals surface area (Å²) < 4.78 is 0. The minimum atomic E-state index is 0.590. The second-order valence-corrected chi connectivity index (χ2v) is 7.31. The first-order valence-electron chi connectivity index (χ1n) is 8.62. The minimum absolute atomic E-state index is 0.590. The van der Waals surface area contributed by atoms with Crippen LogP contribution in [0.1, 0.15) is 65.7 Å². The number of likely N-dealkylation sites (tertiary alicyclic amines) is 1. The number of nitrogens with one attached hydrogen (secondary N) is 1. The Morgan fingerprint density at radius 3 is 2.58 bits per heavy atom. The lowest BCUT2D eigenvalue weighted by molar-refractivity contribution is 0.118. The SMILES string of the molecule is CCCNCC1(CN2CCCC2C(C)C)CCCC1. The average molecular weight is 266 g/mol. The summed E-state index contributed by atoms with van der Waals surface area (Å²) in [6.45, 7) is 12.2. The van der Waals surface area contributed by atoms with E-state index in [-0.39, 0.29) is 0 Å². The van der Waals surface area contributed by atoms with Gasteiger partial charge in [-0.25, -0.2) is 0 Å². The van der Waals surface area contributed by atoms with E-state index in [9.17, 15) is 0 Å². The molecule has 0 radical (unpaired) electrons. The van der Waals surface area contributed by atoms with Gasteiger partial charge in [0.05, 0.1) is 0 Å². The van der Waals surface area contributed by atoms with Crippen LogP contribution in [-0.4, -0.2) is 37.1 Å². The van der Waals surface area contributed by atoms with Gasteiger partial charge >= 0.3 is 0 Å². The summed E-state index contributed by atoms with van der Waals surface area (Å²) in [6.07, 6.45) is 9.91. The highest BCUT2D eigenvalue weighted by Crippen LogP contribution is 2.40. The van der Waals surface area contributed by atoms with Gasteiger partial charge in [0.2, 0.25) is 0 Å². The number of hydrogen-bond acceptors (Lipinski definition) is 2. The zero-order chi connectivity index (χ0) is 13.7. The van der Waals surface area contributed by atoms with Crippen molar-refractivity contribution >= 4 is 0 Å². The van der Waals surface area contributed by atoms with Crippen molar-refractivity contribution in [3.05, 3.63) is 0 Å². The van der Waals surface area contributed by atoms with E-state index in [1.54, 1.807) is 0 Å². The van der Waals surface area contributed by atoms with E-state index < -0.39 is 0 Å². The molecule has 19 heavy (non-hydrogen) atoms. The molecule has 0 spiro atoms. The van der Waals surface area contributed by atoms with Crippen molar-refractivity contribution in [1.29, 1.82) is 0 Å². The van der Waals surface area contributed by atoms with Gasteiger partial charge in [-0.1, -0.05) is 33.6 Å². The van der Waals surface area contributed by atoms with Crippen molar-refractivity contribution in [3.63, 3.8) is 0 Å². The van der Waals surface area contributed by atoms with Gasteiger partial charge in [-0.05, 0) is 56.5 Å². The maximum atomic E-state index is 3.71. The molecule has 2 nitrogen and oxygen atoms in total. The second kappa shape index (κ2) is 7.08. The maximum Gasteiger partial charge on any atom is 0.0119 e. The summed E-state index contributed by atoms with van der Waals surface area (Å²) in [7, 11) is 0. The molecule has 1 aliphatic heterocycles. The van der Waals surface area contributed by atoms with Gasteiger partial charge in [-0.3, -0.25) is 4.90 Å². The molecule has 2 rings (SSSR count). The smallest absolute Gasteiger partial charge is 0.0119 e. The Hall–Kier alpha value is -0.0800. The molecule has 112 valence electrons. The van der Waals surface area contributed by atoms with Crippen LogP contribution in [0.15, 0.2) is 0 Å². The fraction of sp³-hybridized carbons (Fsp3) is 1.00. The minimum Gasteiger partial charge on any atom is -0.316 e. The van der Waals surface area contributed by atoms with Gasteiger partial charge in [-0.2, -0.15) is 0 Å². The van der Waals surface area contributed by atoms with Gasteiger partial charge in [0, 0.05) is 19.1 Å². The highest BCUT2D eigenvalue weighted by molar-refractivity contribution is 4.93. The summed E-state index contributed by atoms with van der Waals surface area (Å²) in [5.41, 5.74) is 0.590. The predicted molar refractivity (Wildman–Crippen MR) is 83.5 cm³/mol. The van der Waals surface area contributed by atoms with Crippen LogP contribution in [0.3, 0.4) is 0 Å². The number of nitrogens with zero attached hydrogens (tertiary/aromatic N) is 1. The Morgan fingerprint density at radius 2 is 1.95 bits per heavy atom. The predicted octanol–water partition coefficient (Wildman–Crippen LogP) is 3.67. The van der Waals surface area contributed by atoms with Crippen LogP contribution < -0.4 is 5.32 Å². The molecule has 1 aliphatic carbocycles. The quantitative estimate of drug-likeness (QED) is 0.707. The van der Waals surface area contributed by atoms with Crippen molar-refractivity contribution in [3.8, 4) is 0 Å². The summed E-state index contributed by atoms with van der Waals surface area (Å²) >= 11 is 0. The molecular weight excluding hydrogens is 232 g/mol. The first-order valence-corrected chi connectivity index (χ1v) is 8.62. The highest BCUT2D eigenvalue weighted by Gasteiger charge is 2.38. The molecule has 0 aromatic rings. The second-order valence-electron chi connectivity index (χ2n) is 7.31. The van der Waals surface area contributed by atoms with Crippen LogP contribution in [0, 0.1) is 11.3 Å². The lowest BCUT2D eigenvalue weighted by Crippen LogP contribution is -2.45. The molecule has 2 heteroatoms. The lowest BCUT2D eigenvalue weighted by Gasteiger charge is -2.38. The standard InChI is InChI=1S/C17H34N2/c1-4-11-18-13-17(9-5-6-10-17)14-19-12-7-8-16(19)15(2)3/h15-16,18H,4-14H2,1-3H3. The van der Waals surface area contributed by atoms with Gasteiger partial charge in [0.15, 0.2) is 0 Å². The third-order valence-electron chi connectivity index (χ3n) is 5.31. The van der Waals surface area contributed by atoms with Crippen LogP contribution >= 0.6 is 0 Å². The molecule has 2 aliphatic rings. The van der Waals surface area contributed by atoms with Crippen molar-refractivity contribution in [2.24, 2.45) is 11.3 Å². The molecule has 2 fully saturated rings. The normalized spacial score (nSPS) is 27.5. The van der Waals surface area contributed by atoms with E-state index in [2.05, 4.69) is 31.0 Å². The molecule has 1 N–H and O–H groups in total. The molecule has 0 aromatic carbocycles. The number of rotatable bonds is 7. The fourth-order valence-corrected chi connectivity index (χ4v) is 4.28. The first-order chi connectivity index (χ1) is 9.17. The zero-order valence-corrected chi connectivity index (χ0v) is 13.4. The molecule has 1 atom stereocenters. The Bertz CT molecular complexity index is 256. The van der Waals surface area contributed by atoms with Crippen LogP contribution in [0.4, 0.5) is 0 Å². The summed E-state index contributed by atoms with van der Waals surface area (Å²) in [5, 5.41) is 3.71. The van der Waals surface area contributed by atoms with Crippen LogP contribution in [-0.2, 0) is 0 Å². The Morgan fingerprint density at radius 1 is 1.21 bits per heavy atom. The third-order valence-corrected chi connectivity index (χ3v) is 5.31. The van der Waals surface area contributed by atoms with Gasteiger partial charge in [0.1, 0.15) is 0 Å². The first kappa shape index (κ1) is 15.3. The molecule has 0 bridgehead atoms. The summed E-state index contributed by atoms with van der Waals surface area (Å²) in [5.74, 6) is 0.824. The van der Waals surface area contributed by atoms with Crippen molar-refractivity contribution in [1.82, 2.24) is 10.2 Å². The van der Waals surface area contributed by atoms with Gasteiger partial charge < -0.3 is 5.32 Å². The Kier molecular flexibility index (Phi) is 5.70. The van der Waals surface area contributed by atoms with E-state index in [0.717, 1.165) is 12.0 Å². The molecule has 1 heterocycles. The van der Waals surface area contributed by atoms with Crippen LogP contribution in [0.25, 0.3) is 0 Å². The van der Waals surface area contributed by atoms with Crippen molar-refractivity contribution < 1.29 is 0 Å². The largest absolute Gasteiger partial charge is 0.316 e. The van der Waals surface area contributed by atoms with Gasteiger partial charge in [0.25, 0.3) is 0 Å². The topological polar surface area (TPSA) is 15.3 Å². The van der Waals surface area contributed by atoms with Crippen LogP contribution in [0.5, 0.6) is 0 Å². The van der Waals surface area contributed by atoms with Gasteiger partial charge in [-0.15, -0.1) is 0 Å². The van der Waals surface area contributed by atoms with E-state index in [4.69, 9.17) is 0 Å². The van der Waals surface area contributed by atoms with Crippen molar-refractivity contribution in [2.45, 2.75) is 71.8 Å². The highest BCUT2D eigenvalue weighted by atomic mass is 15.2. The van der Waals surface area contributed by atoms with E-state index >= 15 is 0 Å². The van der Waals surface area contributed by atoms with E-state index in [1.807, 2.05) is 0 Å². The molecular formula is C17H34N2. The third kappa shape index (κ3) is 3.95. The maximum absolute atomic E-state index is 3.71. The van der Waals surface area contributed by atoms with Crippen molar-refractivity contribution in [2.75, 3.05) is 26.2 Å². The Balaban J connectivity index is 1.92. The monoisotopic (exact) mass is 266 g/mol. The summed E-state index contributed by atoms with van der Waals surface area (Å²) in [6, 6.07) is 0.851. The average Bonchev–Trinajstić information content (AvgIpc) is 3.00. The molecule has 0 aromatic heterocycles. The zero-order valence-electron chi connectivity index (χ0n) is 13.4. The fourth-order valence-electron chi connectivity index (χ4n) is 4.28. The van der Waals surface area contributed by atoms with E-state index in [1.165, 1.54) is 71.1 Å². The van der Waals surface area contributed by atoms with Crippen LogP contribution in [0.2, 0.25) is 0 Å². The molecule has 1 saturated carbocycles. The summed E-state index contributed by atoms with van der Waals surface area (Å²) in [4.78, 5) is 2.82. The van der Waals surface area contributed by atoms with E-state index in [0.29, 0.717) is 5.41 Å². The number of hydrogen-bond donors (Lipinski definition) is 1. The molecule has 1 unspecified atom stereocenters.